The van der Waals surface area contributed by atoms with Crippen LogP contribution in [0.15, 0.2) is 24.3 Å². The summed E-state index contributed by atoms with van der Waals surface area (Å²) in [6.07, 6.45) is 3.82. The third-order valence-electron chi connectivity index (χ3n) is 4.61. The number of carbonyl (C=O) groups is 2. The Hall–Kier alpha value is -1.79. The van der Waals surface area contributed by atoms with Gasteiger partial charge in [-0.05, 0) is 38.0 Å². The summed E-state index contributed by atoms with van der Waals surface area (Å²) in [5.41, 5.74) is 6.33. The Morgan fingerprint density at radius 1 is 1.28 bits per heavy atom. The molecule has 1 aliphatic rings. The van der Waals surface area contributed by atoms with Gasteiger partial charge in [0.1, 0.15) is 5.75 Å². The summed E-state index contributed by atoms with van der Waals surface area (Å²) in [5, 5.41) is 5.67. The molecule has 6 nitrogen and oxygen atoms in total. The van der Waals surface area contributed by atoms with Crippen molar-refractivity contribution in [1.29, 1.82) is 0 Å². The number of nitrogens with one attached hydrogen (secondary N) is 2. The van der Waals surface area contributed by atoms with Crippen LogP contribution in [0, 0.1) is 5.92 Å². The van der Waals surface area contributed by atoms with E-state index >= 15 is 0 Å². The van der Waals surface area contributed by atoms with Crippen molar-refractivity contribution in [3.05, 3.63) is 29.8 Å². The lowest BCUT2D eigenvalue weighted by Crippen LogP contribution is -2.53. The Kier molecular flexibility index (Phi) is 8.19. The summed E-state index contributed by atoms with van der Waals surface area (Å²) < 4.78 is 5.10. The lowest BCUT2D eigenvalue weighted by Gasteiger charge is -2.37. The number of halogens is 1. The molecule has 2 amide bonds. The van der Waals surface area contributed by atoms with E-state index in [1.54, 1.807) is 31.4 Å². The van der Waals surface area contributed by atoms with Gasteiger partial charge in [-0.15, -0.1) is 12.4 Å². The van der Waals surface area contributed by atoms with Crippen molar-refractivity contribution in [3.8, 4) is 5.75 Å². The summed E-state index contributed by atoms with van der Waals surface area (Å²) >= 11 is 0. The summed E-state index contributed by atoms with van der Waals surface area (Å²) in [5.74, 6) is 0.274. The second kappa shape index (κ2) is 9.63. The fourth-order valence-electron chi connectivity index (χ4n) is 3.14. The van der Waals surface area contributed by atoms with E-state index in [-0.39, 0.29) is 30.1 Å². The van der Waals surface area contributed by atoms with Gasteiger partial charge in [0.05, 0.1) is 13.0 Å². The van der Waals surface area contributed by atoms with Gasteiger partial charge in [0.25, 0.3) is 5.91 Å². The standard InChI is InChI=1S/C18H27N3O3.ClH/c1-18(19)9-4-3-8-15(18)17(23)21-11-10-20-16(22)13-6-5-7-14(12-13)24-2;/h5-7,12,15H,3-4,8-11,19H2,1-2H3,(H,20,22)(H,21,23);1H. The summed E-state index contributed by atoms with van der Waals surface area (Å²) in [6.45, 7) is 2.71. The molecule has 1 fully saturated rings. The van der Waals surface area contributed by atoms with E-state index in [0.29, 0.717) is 24.4 Å². The van der Waals surface area contributed by atoms with Crippen LogP contribution in [0.25, 0.3) is 0 Å². The third kappa shape index (κ3) is 5.90. The van der Waals surface area contributed by atoms with Gasteiger partial charge in [-0.3, -0.25) is 9.59 Å². The molecule has 1 saturated carbocycles. The van der Waals surface area contributed by atoms with Gasteiger partial charge in [-0.2, -0.15) is 0 Å². The van der Waals surface area contributed by atoms with Crippen LogP contribution in [0.5, 0.6) is 5.75 Å². The average Bonchev–Trinajstić information content (AvgIpc) is 2.58. The molecule has 7 heteroatoms. The van der Waals surface area contributed by atoms with Crippen molar-refractivity contribution >= 4 is 24.2 Å². The molecule has 2 atom stereocenters. The molecule has 140 valence electrons. The van der Waals surface area contributed by atoms with E-state index < -0.39 is 5.54 Å². The van der Waals surface area contributed by atoms with Gasteiger partial charge in [0.2, 0.25) is 5.91 Å². The van der Waals surface area contributed by atoms with E-state index in [2.05, 4.69) is 10.6 Å². The number of hydrogen-bond acceptors (Lipinski definition) is 4. The number of benzene rings is 1. The first-order chi connectivity index (χ1) is 11.4. The molecule has 1 aliphatic carbocycles. The van der Waals surface area contributed by atoms with Gasteiger partial charge in [0, 0.05) is 24.2 Å². The average molecular weight is 370 g/mol. The topological polar surface area (TPSA) is 93.5 Å². The van der Waals surface area contributed by atoms with E-state index in [1.165, 1.54) is 0 Å². The Morgan fingerprint density at radius 3 is 2.68 bits per heavy atom. The maximum absolute atomic E-state index is 12.3. The fraction of sp³-hybridized carbons (Fsp3) is 0.556. The molecule has 0 bridgehead atoms. The summed E-state index contributed by atoms with van der Waals surface area (Å²) in [6, 6.07) is 6.94. The fourth-order valence-corrected chi connectivity index (χ4v) is 3.14. The molecular formula is C18H28ClN3O3. The smallest absolute Gasteiger partial charge is 0.251 e. The first-order valence-electron chi connectivity index (χ1n) is 8.43. The minimum absolute atomic E-state index is 0. The van der Waals surface area contributed by atoms with E-state index in [0.717, 1.165) is 25.7 Å². The highest BCUT2D eigenvalue weighted by Crippen LogP contribution is 2.31. The lowest BCUT2D eigenvalue weighted by atomic mass is 9.74. The number of ether oxygens (including phenoxy) is 1. The molecular weight excluding hydrogens is 342 g/mol. The monoisotopic (exact) mass is 369 g/mol. The van der Waals surface area contributed by atoms with Gasteiger partial charge >= 0.3 is 0 Å². The van der Waals surface area contributed by atoms with Crippen LogP contribution in [-0.4, -0.2) is 37.6 Å². The summed E-state index contributed by atoms with van der Waals surface area (Å²) in [7, 11) is 1.56. The second-order valence-corrected chi connectivity index (χ2v) is 6.58. The molecule has 0 aliphatic heterocycles. The highest BCUT2D eigenvalue weighted by molar-refractivity contribution is 5.94. The zero-order valence-corrected chi connectivity index (χ0v) is 15.7. The van der Waals surface area contributed by atoms with Crippen LogP contribution < -0.4 is 21.1 Å². The lowest BCUT2D eigenvalue weighted by molar-refractivity contribution is -0.128. The molecule has 4 N–H and O–H groups in total. The Bertz CT molecular complexity index is 593. The van der Waals surface area contributed by atoms with Crippen molar-refractivity contribution < 1.29 is 14.3 Å². The highest BCUT2D eigenvalue weighted by Gasteiger charge is 2.37. The molecule has 0 saturated heterocycles. The number of rotatable bonds is 6. The largest absolute Gasteiger partial charge is 0.497 e. The van der Waals surface area contributed by atoms with Gasteiger partial charge in [-0.25, -0.2) is 0 Å². The Morgan fingerprint density at radius 2 is 2.00 bits per heavy atom. The van der Waals surface area contributed by atoms with Crippen LogP contribution in [0.4, 0.5) is 0 Å². The molecule has 2 rings (SSSR count). The van der Waals surface area contributed by atoms with Crippen LogP contribution in [-0.2, 0) is 4.79 Å². The number of carbonyl (C=O) groups excluding carboxylic acids is 2. The Labute approximate surface area is 155 Å². The quantitative estimate of drug-likeness (QED) is 0.667. The molecule has 0 aromatic heterocycles. The molecule has 0 heterocycles. The van der Waals surface area contributed by atoms with Crippen molar-refractivity contribution in [2.24, 2.45) is 11.7 Å². The van der Waals surface area contributed by atoms with Crippen molar-refractivity contribution in [3.63, 3.8) is 0 Å². The van der Waals surface area contributed by atoms with Crippen LogP contribution in [0.2, 0.25) is 0 Å². The minimum atomic E-state index is -0.438. The molecule has 2 unspecified atom stereocenters. The van der Waals surface area contributed by atoms with Crippen molar-refractivity contribution in [1.82, 2.24) is 10.6 Å². The van der Waals surface area contributed by atoms with Crippen LogP contribution in [0.1, 0.15) is 43.0 Å². The van der Waals surface area contributed by atoms with Gasteiger partial charge < -0.3 is 21.1 Å². The number of amides is 2. The normalized spacial score (nSPS) is 22.4. The molecule has 1 aromatic carbocycles. The SMILES string of the molecule is COc1cccc(C(=O)NCCNC(=O)C2CCCCC2(C)N)c1.Cl. The zero-order chi connectivity index (χ0) is 17.6. The number of hydrogen-bond donors (Lipinski definition) is 3. The van der Waals surface area contributed by atoms with Crippen molar-refractivity contribution in [2.45, 2.75) is 38.1 Å². The van der Waals surface area contributed by atoms with E-state index in [1.807, 2.05) is 6.92 Å². The van der Waals surface area contributed by atoms with Crippen LogP contribution in [0.3, 0.4) is 0 Å². The molecule has 0 spiro atoms. The predicted octanol–water partition coefficient (Wildman–Crippen LogP) is 1.87. The molecule has 1 aromatic rings. The maximum Gasteiger partial charge on any atom is 0.251 e. The molecule has 25 heavy (non-hydrogen) atoms. The van der Waals surface area contributed by atoms with Crippen LogP contribution >= 0.6 is 12.4 Å². The first-order valence-corrected chi connectivity index (χ1v) is 8.43. The maximum atomic E-state index is 12.3. The van der Waals surface area contributed by atoms with Crippen molar-refractivity contribution in [2.75, 3.05) is 20.2 Å². The van der Waals surface area contributed by atoms with Gasteiger partial charge in [0.15, 0.2) is 0 Å². The number of methoxy groups -OCH3 is 1. The second-order valence-electron chi connectivity index (χ2n) is 6.58. The van der Waals surface area contributed by atoms with E-state index in [4.69, 9.17) is 10.5 Å². The first kappa shape index (κ1) is 21.3. The number of nitrogens with two attached hydrogens (primary N) is 1. The highest BCUT2D eigenvalue weighted by atomic mass is 35.5. The Balaban J connectivity index is 0.00000312. The van der Waals surface area contributed by atoms with E-state index in [9.17, 15) is 9.59 Å². The zero-order valence-electron chi connectivity index (χ0n) is 14.8. The molecule has 0 radical (unpaired) electrons. The minimum Gasteiger partial charge on any atom is -0.497 e. The van der Waals surface area contributed by atoms with Gasteiger partial charge in [-0.1, -0.05) is 18.9 Å². The summed E-state index contributed by atoms with van der Waals surface area (Å²) in [4.78, 5) is 24.4. The third-order valence-corrected chi connectivity index (χ3v) is 4.61. The predicted molar refractivity (Wildman–Crippen MR) is 100 cm³/mol.